The molecule has 3 nitrogen and oxygen atoms in total. The lowest BCUT2D eigenvalue weighted by Crippen LogP contribution is -2.01. The monoisotopic (exact) mass is 265 g/mol. The lowest BCUT2D eigenvalue weighted by atomic mass is 10.1. The largest absolute Gasteiger partial charge is 0.478 e. The van der Waals surface area contributed by atoms with Crippen LogP contribution >= 0.6 is 0 Å². The highest BCUT2D eigenvalue weighted by Crippen LogP contribution is 2.20. The first-order valence-electron chi connectivity index (χ1n) is 6.52. The number of hydrogen-bond acceptors (Lipinski definition) is 1. The van der Waals surface area contributed by atoms with E-state index in [0.717, 1.165) is 17.4 Å². The highest BCUT2D eigenvalue weighted by atomic mass is 16.4. The summed E-state index contributed by atoms with van der Waals surface area (Å²) in [5.74, 6) is -0.893. The van der Waals surface area contributed by atoms with Gasteiger partial charge in [0.25, 0.3) is 0 Å². The van der Waals surface area contributed by atoms with E-state index in [1.807, 2.05) is 30.5 Å². The molecule has 1 aromatic heterocycles. The average molecular weight is 265 g/mol. The summed E-state index contributed by atoms with van der Waals surface area (Å²) in [6.07, 6.45) is 2.00. The first kappa shape index (κ1) is 12.5. The van der Waals surface area contributed by atoms with Crippen molar-refractivity contribution in [3.63, 3.8) is 0 Å². The third-order valence-corrected chi connectivity index (χ3v) is 3.62. The molecule has 0 fully saturated rings. The molecule has 0 amide bonds. The molecule has 3 aromatic rings. The van der Waals surface area contributed by atoms with Crippen molar-refractivity contribution in [1.82, 2.24) is 4.57 Å². The Kier molecular flexibility index (Phi) is 3.03. The molecule has 0 aliphatic heterocycles. The summed E-state index contributed by atoms with van der Waals surface area (Å²) < 4.78 is 2.09. The molecule has 3 heteroatoms. The molecule has 1 heterocycles. The lowest BCUT2D eigenvalue weighted by molar-refractivity contribution is 0.0697. The molecule has 0 radical (unpaired) electrons. The highest BCUT2D eigenvalue weighted by molar-refractivity contribution is 5.93. The van der Waals surface area contributed by atoms with Crippen LogP contribution in [-0.4, -0.2) is 15.6 Å². The van der Waals surface area contributed by atoms with Crippen LogP contribution in [0.5, 0.6) is 0 Å². The molecular formula is C17H15NO2. The molecule has 2 aromatic carbocycles. The minimum absolute atomic E-state index is 0.322. The van der Waals surface area contributed by atoms with Gasteiger partial charge in [0.1, 0.15) is 0 Å². The smallest absolute Gasteiger partial charge is 0.335 e. The number of aromatic nitrogens is 1. The number of carboxylic acids is 1. The molecule has 0 bridgehead atoms. The van der Waals surface area contributed by atoms with E-state index in [9.17, 15) is 4.79 Å². The van der Waals surface area contributed by atoms with E-state index in [2.05, 4.69) is 23.6 Å². The number of aromatic carboxylic acids is 1. The molecule has 0 saturated heterocycles. The van der Waals surface area contributed by atoms with Gasteiger partial charge in [-0.2, -0.15) is 0 Å². The fraction of sp³-hybridized carbons (Fsp3) is 0.118. The van der Waals surface area contributed by atoms with Gasteiger partial charge in [0, 0.05) is 18.3 Å². The van der Waals surface area contributed by atoms with Crippen molar-refractivity contribution < 1.29 is 9.90 Å². The quantitative estimate of drug-likeness (QED) is 0.784. The van der Waals surface area contributed by atoms with E-state index in [-0.39, 0.29) is 0 Å². The Morgan fingerprint density at radius 3 is 2.70 bits per heavy atom. The standard InChI is InChI=1S/C17H15NO2/c1-12-4-2-3-5-15(12)11-18-9-8-13-6-7-14(17(19)20)10-16(13)18/h2-10H,11H2,1H3,(H,19,20). The summed E-state index contributed by atoms with van der Waals surface area (Å²) >= 11 is 0. The predicted molar refractivity (Wildman–Crippen MR) is 79.2 cm³/mol. The van der Waals surface area contributed by atoms with E-state index in [1.165, 1.54) is 11.1 Å². The Morgan fingerprint density at radius 1 is 1.15 bits per heavy atom. The van der Waals surface area contributed by atoms with Crippen LogP contribution in [0.4, 0.5) is 0 Å². The Balaban J connectivity index is 2.06. The summed E-state index contributed by atoms with van der Waals surface area (Å²) in [4.78, 5) is 11.1. The number of fused-ring (bicyclic) bond motifs is 1. The van der Waals surface area contributed by atoms with Gasteiger partial charge >= 0.3 is 5.97 Å². The highest BCUT2D eigenvalue weighted by Gasteiger charge is 2.07. The topological polar surface area (TPSA) is 42.2 Å². The number of benzene rings is 2. The molecule has 0 saturated carbocycles. The van der Waals surface area contributed by atoms with Crippen molar-refractivity contribution in [2.24, 2.45) is 0 Å². The maximum atomic E-state index is 11.1. The van der Waals surface area contributed by atoms with Crippen LogP contribution in [0.25, 0.3) is 10.9 Å². The van der Waals surface area contributed by atoms with Crippen molar-refractivity contribution in [2.45, 2.75) is 13.5 Å². The van der Waals surface area contributed by atoms with Gasteiger partial charge in [-0.15, -0.1) is 0 Å². The Labute approximate surface area is 117 Å². The van der Waals surface area contributed by atoms with Gasteiger partial charge in [-0.25, -0.2) is 4.79 Å². The lowest BCUT2D eigenvalue weighted by Gasteiger charge is -2.09. The maximum absolute atomic E-state index is 11.1. The Bertz CT molecular complexity index is 787. The molecule has 0 spiro atoms. The maximum Gasteiger partial charge on any atom is 0.335 e. The molecule has 100 valence electrons. The van der Waals surface area contributed by atoms with Gasteiger partial charge in [0.15, 0.2) is 0 Å². The third-order valence-electron chi connectivity index (χ3n) is 3.62. The molecule has 20 heavy (non-hydrogen) atoms. The van der Waals surface area contributed by atoms with Crippen LogP contribution < -0.4 is 0 Å². The number of carboxylic acid groups (broad SMARTS) is 1. The third kappa shape index (κ3) is 2.18. The van der Waals surface area contributed by atoms with Gasteiger partial charge in [0.2, 0.25) is 0 Å². The van der Waals surface area contributed by atoms with E-state index in [4.69, 9.17) is 5.11 Å². The fourth-order valence-corrected chi connectivity index (χ4v) is 2.43. The van der Waals surface area contributed by atoms with Gasteiger partial charge in [0.05, 0.1) is 5.56 Å². The zero-order chi connectivity index (χ0) is 14.1. The number of nitrogens with zero attached hydrogens (tertiary/aromatic N) is 1. The zero-order valence-corrected chi connectivity index (χ0v) is 11.2. The van der Waals surface area contributed by atoms with Gasteiger partial charge in [-0.1, -0.05) is 30.3 Å². The molecule has 0 atom stereocenters. The summed E-state index contributed by atoms with van der Waals surface area (Å²) in [5.41, 5.74) is 3.75. The molecule has 0 unspecified atom stereocenters. The van der Waals surface area contributed by atoms with Crippen LogP contribution in [0.3, 0.4) is 0 Å². The SMILES string of the molecule is Cc1ccccc1Cn1ccc2ccc(C(=O)O)cc21. The minimum atomic E-state index is -0.893. The summed E-state index contributed by atoms with van der Waals surface area (Å²) in [7, 11) is 0. The molecule has 1 N–H and O–H groups in total. The van der Waals surface area contributed by atoms with Crippen molar-refractivity contribution >= 4 is 16.9 Å². The van der Waals surface area contributed by atoms with Gasteiger partial charge < -0.3 is 9.67 Å². The molecule has 0 aliphatic rings. The van der Waals surface area contributed by atoms with Crippen molar-refractivity contribution in [2.75, 3.05) is 0 Å². The zero-order valence-electron chi connectivity index (χ0n) is 11.2. The number of hydrogen-bond donors (Lipinski definition) is 1. The predicted octanol–water partition coefficient (Wildman–Crippen LogP) is 3.70. The first-order valence-corrected chi connectivity index (χ1v) is 6.52. The second-order valence-corrected chi connectivity index (χ2v) is 4.95. The van der Waals surface area contributed by atoms with E-state index < -0.39 is 5.97 Å². The first-order chi connectivity index (χ1) is 9.65. The Hall–Kier alpha value is -2.55. The normalized spacial score (nSPS) is 10.8. The van der Waals surface area contributed by atoms with Crippen LogP contribution in [0.2, 0.25) is 0 Å². The summed E-state index contributed by atoms with van der Waals surface area (Å²) in [5, 5.41) is 10.2. The number of rotatable bonds is 3. The van der Waals surface area contributed by atoms with E-state index >= 15 is 0 Å². The van der Waals surface area contributed by atoms with Gasteiger partial charge in [-0.05, 0) is 41.6 Å². The second kappa shape index (κ2) is 4.85. The number of aryl methyl sites for hydroxylation is 1. The average Bonchev–Trinajstić information content (AvgIpc) is 2.84. The number of carbonyl (C=O) groups is 1. The van der Waals surface area contributed by atoms with E-state index in [1.54, 1.807) is 12.1 Å². The fourth-order valence-electron chi connectivity index (χ4n) is 2.43. The van der Waals surface area contributed by atoms with Crippen molar-refractivity contribution in [3.8, 4) is 0 Å². The Morgan fingerprint density at radius 2 is 1.95 bits per heavy atom. The van der Waals surface area contributed by atoms with Crippen LogP contribution in [0.1, 0.15) is 21.5 Å². The molecule has 3 rings (SSSR count). The van der Waals surface area contributed by atoms with E-state index in [0.29, 0.717) is 5.56 Å². The van der Waals surface area contributed by atoms with Crippen LogP contribution in [-0.2, 0) is 6.54 Å². The molecular weight excluding hydrogens is 250 g/mol. The second-order valence-electron chi connectivity index (χ2n) is 4.95. The summed E-state index contributed by atoms with van der Waals surface area (Å²) in [6, 6.07) is 15.5. The summed E-state index contributed by atoms with van der Waals surface area (Å²) in [6.45, 7) is 2.84. The minimum Gasteiger partial charge on any atom is -0.478 e. The van der Waals surface area contributed by atoms with Gasteiger partial charge in [-0.3, -0.25) is 0 Å². The molecule has 0 aliphatic carbocycles. The van der Waals surface area contributed by atoms with Crippen molar-refractivity contribution in [3.05, 3.63) is 71.4 Å². The van der Waals surface area contributed by atoms with Crippen LogP contribution in [0.15, 0.2) is 54.7 Å². The van der Waals surface area contributed by atoms with Crippen molar-refractivity contribution in [1.29, 1.82) is 0 Å². The van der Waals surface area contributed by atoms with Crippen LogP contribution in [0, 0.1) is 6.92 Å².